The van der Waals surface area contributed by atoms with Crippen molar-refractivity contribution in [2.24, 2.45) is 5.73 Å². The number of anilines is 2. The van der Waals surface area contributed by atoms with Crippen molar-refractivity contribution in [1.82, 2.24) is 5.32 Å². The third-order valence-corrected chi connectivity index (χ3v) is 7.32. The Morgan fingerprint density at radius 2 is 1.51 bits per heavy atom. The second-order valence-corrected chi connectivity index (χ2v) is 12.0. The highest BCUT2D eigenvalue weighted by molar-refractivity contribution is 6.08. The largest absolute Gasteiger partial charge is 0.444 e. The van der Waals surface area contributed by atoms with Gasteiger partial charge in [0.25, 0.3) is 0 Å². The predicted molar refractivity (Wildman–Crippen MR) is 163 cm³/mol. The van der Waals surface area contributed by atoms with Gasteiger partial charge in [0.05, 0.1) is 5.54 Å². The topological polar surface area (TPSA) is 105 Å². The predicted octanol–water partition coefficient (Wildman–Crippen LogP) is 5.30. The number of carbonyl (C=O) groups excluding carboxylic acids is 3. The molecule has 1 heterocycles. The molecule has 1 aliphatic rings. The Hall–Kier alpha value is -4.17. The first-order valence-electron chi connectivity index (χ1n) is 13.9. The van der Waals surface area contributed by atoms with E-state index in [1.165, 1.54) is 4.90 Å². The molecule has 0 aromatic heterocycles. The number of likely N-dealkylation sites (N-methyl/N-ethyl adjacent to an activating group) is 1. The summed E-state index contributed by atoms with van der Waals surface area (Å²) < 4.78 is 5.41. The van der Waals surface area contributed by atoms with E-state index in [4.69, 9.17) is 10.5 Å². The van der Waals surface area contributed by atoms with Gasteiger partial charge in [-0.3, -0.25) is 14.5 Å². The van der Waals surface area contributed by atoms with Crippen molar-refractivity contribution >= 4 is 29.3 Å². The zero-order valence-corrected chi connectivity index (χ0v) is 24.7. The number of hydrogen-bond acceptors (Lipinski definition) is 5. The number of amides is 3. The number of benzene rings is 3. The first kappa shape index (κ1) is 29.8. The molecular formula is C33H40N4O4. The van der Waals surface area contributed by atoms with Crippen LogP contribution in [-0.4, -0.2) is 48.2 Å². The Morgan fingerprint density at radius 1 is 0.927 bits per heavy atom. The fourth-order valence-electron chi connectivity index (χ4n) is 5.06. The minimum atomic E-state index is -1.18. The molecule has 3 aromatic rings. The molecule has 0 aliphatic carbocycles. The number of fused-ring (bicyclic) bond motifs is 1. The summed E-state index contributed by atoms with van der Waals surface area (Å²) >= 11 is 0. The van der Waals surface area contributed by atoms with E-state index in [1.807, 2.05) is 78.9 Å². The first-order valence-corrected chi connectivity index (χ1v) is 13.9. The molecule has 0 saturated heterocycles. The lowest BCUT2D eigenvalue weighted by molar-refractivity contribution is -0.126. The van der Waals surface area contributed by atoms with E-state index in [-0.39, 0.29) is 5.91 Å². The lowest BCUT2D eigenvalue weighted by atomic mass is 9.92. The molecule has 0 radical (unpaired) electrons. The lowest BCUT2D eigenvalue weighted by Gasteiger charge is -2.38. The van der Waals surface area contributed by atoms with Crippen LogP contribution in [0.2, 0.25) is 0 Å². The Balaban J connectivity index is 1.70. The standard InChI is InChI=1S/C33H40N4O4/c1-32(2,3)41-31(40)35-33(4,5)28(34)30(39)37(25-19-16-23(17-20-25)22-12-8-7-9-13-22)27-21-18-24-14-10-11-15-26(24)36(6)29(27)38/h7-17,19-20,27-28H,18,21,34H2,1-6H3,(H,35,40)/t27-,28?/m1/s1. The smallest absolute Gasteiger partial charge is 0.408 e. The molecule has 0 saturated carbocycles. The summed E-state index contributed by atoms with van der Waals surface area (Å²) in [6.45, 7) is 8.63. The molecule has 3 amide bonds. The fraction of sp³-hybridized carbons (Fsp3) is 0.364. The van der Waals surface area contributed by atoms with Crippen LogP contribution in [0.4, 0.5) is 16.2 Å². The number of nitrogens with two attached hydrogens (primary N) is 1. The molecule has 216 valence electrons. The van der Waals surface area contributed by atoms with E-state index in [1.54, 1.807) is 46.6 Å². The van der Waals surface area contributed by atoms with Crippen LogP contribution >= 0.6 is 0 Å². The van der Waals surface area contributed by atoms with Gasteiger partial charge in [-0.1, -0.05) is 60.7 Å². The minimum Gasteiger partial charge on any atom is -0.444 e. The highest BCUT2D eigenvalue weighted by atomic mass is 16.6. The Bertz CT molecular complexity index is 1400. The van der Waals surface area contributed by atoms with Gasteiger partial charge in [-0.25, -0.2) is 4.79 Å². The normalized spacial score (nSPS) is 16.3. The Morgan fingerprint density at radius 3 is 2.15 bits per heavy atom. The quantitative estimate of drug-likeness (QED) is 0.429. The zero-order chi connectivity index (χ0) is 29.9. The van der Waals surface area contributed by atoms with E-state index in [2.05, 4.69) is 5.32 Å². The van der Waals surface area contributed by atoms with Gasteiger partial charge >= 0.3 is 6.09 Å². The van der Waals surface area contributed by atoms with E-state index >= 15 is 0 Å². The van der Waals surface area contributed by atoms with Gasteiger partial charge in [0.15, 0.2) is 0 Å². The number of ether oxygens (including phenoxy) is 1. The number of para-hydroxylation sites is 1. The van der Waals surface area contributed by atoms with E-state index < -0.39 is 35.2 Å². The monoisotopic (exact) mass is 556 g/mol. The maximum atomic E-state index is 14.3. The maximum Gasteiger partial charge on any atom is 0.408 e. The minimum absolute atomic E-state index is 0.208. The average molecular weight is 557 g/mol. The Labute approximate surface area is 242 Å². The van der Waals surface area contributed by atoms with Gasteiger partial charge in [-0.2, -0.15) is 0 Å². The number of alkyl carbamates (subject to hydrolysis) is 1. The highest BCUT2D eigenvalue weighted by Gasteiger charge is 2.42. The number of hydrogen-bond donors (Lipinski definition) is 2. The van der Waals surface area contributed by atoms with Gasteiger partial charge in [0, 0.05) is 18.4 Å². The number of nitrogens with zero attached hydrogens (tertiary/aromatic N) is 2. The van der Waals surface area contributed by atoms with Crippen molar-refractivity contribution in [3.05, 3.63) is 84.4 Å². The molecule has 8 nitrogen and oxygen atoms in total. The molecule has 2 atom stereocenters. The maximum absolute atomic E-state index is 14.3. The summed E-state index contributed by atoms with van der Waals surface area (Å²) in [5, 5.41) is 2.75. The van der Waals surface area contributed by atoms with Crippen LogP contribution in [0.15, 0.2) is 78.9 Å². The molecule has 0 spiro atoms. The fourth-order valence-corrected chi connectivity index (χ4v) is 5.06. The van der Waals surface area contributed by atoms with E-state index in [0.29, 0.717) is 18.5 Å². The lowest BCUT2D eigenvalue weighted by Crippen LogP contribution is -2.65. The van der Waals surface area contributed by atoms with Crippen LogP contribution in [-0.2, 0) is 20.7 Å². The first-order chi connectivity index (χ1) is 19.3. The average Bonchev–Trinajstić information content (AvgIpc) is 3.04. The van der Waals surface area contributed by atoms with Crippen LogP contribution < -0.4 is 20.9 Å². The van der Waals surface area contributed by atoms with Crippen LogP contribution in [0.1, 0.15) is 46.6 Å². The molecule has 0 bridgehead atoms. The molecule has 3 N–H and O–H groups in total. The van der Waals surface area contributed by atoms with Crippen molar-refractivity contribution < 1.29 is 19.1 Å². The molecule has 0 fully saturated rings. The number of carbonyl (C=O) groups is 3. The third kappa shape index (κ3) is 6.77. The molecule has 1 aliphatic heterocycles. The number of nitrogens with one attached hydrogen (secondary N) is 1. The molecule has 8 heteroatoms. The highest BCUT2D eigenvalue weighted by Crippen LogP contribution is 2.32. The molecular weight excluding hydrogens is 516 g/mol. The van der Waals surface area contributed by atoms with Crippen molar-refractivity contribution in [2.45, 2.75) is 70.7 Å². The van der Waals surface area contributed by atoms with Crippen molar-refractivity contribution in [3.8, 4) is 11.1 Å². The van der Waals surface area contributed by atoms with E-state index in [9.17, 15) is 14.4 Å². The van der Waals surface area contributed by atoms with Gasteiger partial charge in [-0.15, -0.1) is 0 Å². The summed E-state index contributed by atoms with van der Waals surface area (Å²) in [7, 11) is 1.73. The third-order valence-electron chi connectivity index (χ3n) is 7.32. The number of rotatable bonds is 6. The van der Waals surface area contributed by atoms with Crippen LogP contribution in [0.5, 0.6) is 0 Å². The van der Waals surface area contributed by atoms with Crippen molar-refractivity contribution in [3.63, 3.8) is 0 Å². The van der Waals surface area contributed by atoms with Gasteiger partial charge < -0.3 is 20.7 Å². The molecule has 4 rings (SSSR count). The summed E-state index contributed by atoms with van der Waals surface area (Å²) in [6.07, 6.45) is 0.349. The van der Waals surface area contributed by atoms with Crippen LogP contribution in [0.25, 0.3) is 11.1 Å². The second-order valence-electron chi connectivity index (χ2n) is 12.0. The van der Waals surface area contributed by atoms with E-state index in [0.717, 1.165) is 22.4 Å². The molecule has 41 heavy (non-hydrogen) atoms. The summed E-state index contributed by atoms with van der Waals surface area (Å²) in [5.74, 6) is -0.684. The van der Waals surface area contributed by atoms with Gasteiger partial charge in [0.1, 0.15) is 17.7 Å². The SMILES string of the molecule is CN1C(=O)[C@H](N(C(=O)C(N)C(C)(C)NC(=O)OC(C)(C)C)c2ccc(-c3ccccc3)cc2)CCc2ccccc21. The van der Waals surface area contributed by atoms with Gasteiger partial charge in [-0.05, 0) is 82.3 Å². The number of aryl methyl sites for hydroxylation is 1. The van der Waals surface area contributed by atoms with Crippen LogP contribution in [0.3, 0.4) is 0 Å². The van der Waals surface area contributed by atoms with Crippen molar-refractivity contribution in [2.75, 3.05) is 16.8 Å². The van der Waals surface area contributed by atoms with Crippen molar-refractivity contribution in [1.29, 1.82) is 0 Å². The second kappa shape index (κ2) is 11.7. The summed E-state index contributed by atoms with van der Waals surface area (Å²) in [5.41, 5.74) is 9.13. The van der Waals surface area contributed by atoms with Crippen LogP contribution in [0, 0.1) is 0 Å². The molecule has 3 aromatic carbocycles. The summed E-state index contributed by atoms with van der Waals surface area (Å²) in [4.78, 5) is 43.9. The zero-order valence-electron chi connectivity index (χ0n) is 24.7. The molecule has 1 unspecified atom stereocenters. The Kier molecular flexibility index (Phi) is 8.54. The van der Waals surface area contributed by atoms with Gasteiger partial charge in [0.2, 0.25) is 11.8 Å². The summed E-state index contributed by atoms with van der Waals surface area (Å²) in [6, 6.07) is 23.2.